The lowest BCUT2D eigenvalue weighted by molar-refractivity contribution is -0.149. The van der Waals surface area contributed by atoms with Crippen molar-refractivity contribution in [3.8, 4) is 0 Å². The molecule has 0 saturated heterocycles. The Morgan fingerprint density at radius 2 is 1.95 bits per heavy atom. The lowest BCUT2D eigenvalue weighted by Gasteiger charge is -2.21. The van der Waals surface area contributed by atoms with Gasteiger partial charge in [-0.3, -0.25) is 14.4 Å². The van der Waals surface area contributed by atoms with Crippen molar-refractivity contribution >= 4 is 11.9 Å². The number of aromatic nitrogens is 1. The SMILES string of the molecule is Cc1ccc(C(=O)N(CC(=O)O)CC(F)(F)F)c(=O)[nH]1. The molecule has 0 spiro atoms. The number of aryl methyl sites for hydroxylation is 1. The van der Waals surface area contributed by atoms with Crippen molar-refractivity contribution < 1.29 is 27.9 Å². The largest absolute Gasteiger partial charge is 0.480 e. The van der Waals surface area contributed by atoms with Gasteiger partial charge in [-0.25, -0.2) is 0 Å². The number of carbonyl (C=O) groups is 2. The molecule has 0 aliphatic carbocycles. The lowest BCUT2D eigenvalue weighted by atomic mass is 10.2. The molecule has 0 atom stereocenters. The van der Waals surface area contributed by atoms with Crippen molar-refractivity contribution in [1.29, 1.82) is 0 Å². The number of hydrogen-bond donors (Lipinski definition) is 2. The number of alkyl halides is 3. The number of H-pyrrole nitrogens is 1. The van der Waals surface area contributed by atoms with Crippen LogP contribution in [0.3, 0.4) is 0 Å². The van der Waals surface area contributed by atoms with Gasteiger partial charge in [-0.1, -0.05) is 0 Å². The number of carboxylic acids is 1. The third kappa shape index (κ3) is 4.41. The fourth-order valence-corrected chi connectivity index (χ4v) is 1.49. The lowest BCUT2D eigenvalue weighted by Crippen LogP contribution is -2.43. The van der Waals surface area contributed by atoms with Crippen molar-refractivity contribution in [2.24, 2.45) is 0 Å². The van der Waals surface area contributed by atoms with Crippen LogP contribution >= 0.6 is 0 Å². The van der Waals surface area contributed by atoms with Crippen molar-refractivity contribution in [2.45, 2.75) is 13.1 Å². The zero-order valence-electron chi connectivity index (χ0n) is 10.3. The standard InChI is InChI=1S/C11H11F3N2O4/c1-6-2-3-7(9(19)15-6)10(20)16(4-8(17)18)5-11(12,13)14/h2-3H,4-5H2,1H3,(H,15,19)(H,17,18). The van der Waals surface area contributed by atoms with E-state index >= 15 is 0 Å². The maximum atomic E-state index is 12.3. The van der Waals surface area contributed by atoms with Crippen molar-refractivity contribution in [1.82, 2.24) is 9.88 Å². The number of nitrogens with one attached hydrogen (secondary N) is 1. The molecule has 0 radical (unpaired) electrons. The summed E-state index contributed by atoms with van der Waals surface area (Å²) in [6.07, 6.45) is -4.76. The van der Waals surface area contributed by atoms with Crippen LogP contribution in [0.1, 0.15) is 16.1 Å². The molecule has 1 aromatic rings. The summed E-state index contributed by atoms with van der Waals surface area (Å²) in [7, 11) is 0. The molecular weight excluding hydrogens is 281 g/mol. The number of nitrogens with zero attached hydrogens (tertiary/aromatic N) is 1. The average molecular weight is 292 g/mol. The van der Waals surface area contributed by atoms with Gasteiger partial charge in [0.15, 0.2) is 0 Å². The second kappa shape index (κ2) is 5.76. The molecule has 0 aliphatic rings. The van der Waals surface area contributed by atoms with Crippen LogP contribution in [-0.4, -0.2) is 46.1 Å². The number of aliphatic carboxylic acids is 1. The summed E-state index contributed by atoms with van der Waals surface area (Å²) in [5, 5.41) is 8.54. The fourth-order valence-electron chi connectivity index (χ4n) is 1.49. The van der Waals surface area contributed by atoms with Gasteiger partial charge >= 0.3 is 12.1 Å². The number of halogens is 3. The summed E-state index contributed by atoms with van der Waals surface area (Å²) in [5.74, 6) is -2.89. The maximum Gasteiger partial charge on any atom is 0.406 e. The summed E-state index contributed by atoms with van der Waals surface area (Å²) in [5.41, 5.74) is -0.985. The zero-order valence-corrected chi connectivity index (χ0v) is 10.3. The predicted molar refractivity (Wildman–Crippen MR) is 61.4 cm³/mol. The Kier molecular flexibility index (Phi) is 4.53. The highest BCUT2D eigenvalue weighted by atomic mass is 19.4. The van der Waals surface area contributed by atoms with Crippen LogP contribution in [-0.2, 0) is 4.79 Å². The first-order chi connectivity index (χ1) is 9.10. The minimum atomic E-state index is -4.76. The maximum absolute atomic E-state index is 12.3. The van der Waals surface area contributed by atoms with E-state index in [4.69, 9.17) is 5.11 Å². The van der Waals surface area contributed by atoms with E-state index in [-0.39, 0.29) is 4.90 Å². The minimum Gasteiger partial charge on any atom is -0.480 e. The molecular formula is C11H11F3N2O4. The first kappa shape index (κ1) is 15.7. The molecule has 1 amide bonds. The van der Waals surface area contributed by atoms with Gasteiger partial charge in [-0.15, -0.1) is 0 Å². The quantitative estimate of drug-likeness (QED) is 0.857. The van der Waals surface area contributed by atoms with E-state index in [0.29, 0.717) is 5.69 Å². The number of amides is 1. The van der Waals surface area contributed by atoms with Gasteiger partial charge in [-0.2, -0.15) is 13.2 Å². The van der Waals surface area contributed by atoms with Gasteiger partial charge in [-0.05, 0) is 19.1 Å². The second-order valence-electron chi connectivity index (χ2n) is 4.05. The summed E-state index contributed by atoms with van der Waals surface area (Å²) in [6, 6.07) is 2.39. The number of hydrogen-bond acceptors (Lipinski definition) is 3. The van der Waals surface area contributed by atoms with E-state index in [1.807, 2.05) is 0 Å². The molecule has 20 heavy (non-hydrogen) atoms. The summed E-state index contributed by atoms with van der Waals surface area (Å²) in [6.45, 7) is -1.36. The molecule has 110 valence electrons. The van der Waals surface area contributed by atoms with E-state index in [1.165, 1.54) is 13.0 Å². The minimum absolute atomic E-state index is 0.0578. The van der Waals surface area contributed by atoms with Gasteiger partial charge < -0.3 is 15.0 Å². The predicted octanol–water partition coefficient (Wildman–Crippen LogP) is 0.772. The highest BCUT2D eigenvalue weighted by Gasteiger charge is 2.34. The third-order valence-corrected chi connectivity index (χ3v) is 2.27. The molecule has 0 bridgehead atoms. The number of rotatable bonds is 4. The Morgan fingerprint density at radius 3 is 2.40 bits per heavy atom. The number of aromatic amines is 1. The van der Waals surface area contributed by atoms with Crippen LogP contribution in [0.4, 0.5) is 13.2 Å². The van der Waals surface area contributed by atoms with E-state index < -0.39 is 42.3 Å². The van der Waals surface area contributed by atoms with Gasteiger partial charge in [0.1, 0.15) is 18.7 Å². The summed E-state index contributed by atoms with van der Waals surface area (Å²) in [4.78, 5) is 36.2. The third-order valence-electron chi connectivity index (χ3n) is 2.27. The van der Waals surface area contributed by atoms with Crippen molar-refractivity contribution in [3.05, 3.63) is 33.7 Å². The molecule has 0 unspecified atom stereocenters. The second-order valence-corrected chi connectivity index (χ2v) is 4.05. The van der Waals surface area contributed by atoms with E-state index in [1.54, 1.807) is 0 Å². The first-order valence-corrected chi connectivity index (χ1v) is 5.38. The highest BCUT2D eigenvalue weighted by molar-refractivity contribution is 5.95. The molecule has 0 fully saturated rings. The van der Waals surface area contributed by atoms with Crippen molar-refractivity contribution in [2.75, 3.05) is 13.1 Å². The number of carboxylic acid groups (broad SMARTS) is 1. The molecule has 6 nitrogen and oxygen atoms in total. The Morgan fingerprint density at radius 1 is 1.35 bits per heavy atom. The van der Waals surface area contributed by atoms with Gasteiger partial charge in [0.2, 0.25) is 0 Å². The van der Waals surface area contributed by atoms with Crippen LogP contribution in [0.15, 0.2) is 16.9 Å². The molecule has 0 aromatic carbocycles. The molecule has 0 saturated carbocycles. The topological polar surface area (TPSA) is 90.5 Å². The first-order valence-electron chi connectivity index (χ1n) is 5.38. The van der Waals surface area contributed by atoms with Crippen LogP contribution in [0.25, 0.3) is 0 Å². The monoisotopic (exact) mass is 292 g/mol. The molecule has 9 heteroatoms. The molecule has 0 aliphatic heterocycles. The Balaban J connectivity index is 3.09. The van der Waals surface area contributed by atoms with Crippen LogP contribution in [0.2, 0.25) is 0 Å². The van der Waals surface area contributed by atoms with Gasteiger partial charge in [0, 0.05) is 5.69 Å². The van der Waals surface area contributed by atoms with Crippen LogP contribution in [0.5, 0.6) is 0 Å². The molecule has 2 N–H and O–H groups in total. The molecule has 1 rings (SSSR count). The number of carbonyl (C=O) groups excluding carboxylic acids is 1. The van der Waals surface area contributed by atoms with Gasteiger partial charge in [0.25, 0.3) is 11.5 Å². The van der Waals surface area contributed by atoms with Gasteiger partial charge in [0.05, 0.1) is 0 Å². The smallest absolute Gasteiger partial charge is 0.406 e. The molecule has 1 heterocycles. The van der Waals surface area contributed by atoms with E-state index in [2.05, 4.69) is 4.98 Å². The van der Waals surface area contributed by atoms with Crippen molar-refractivity contribution in [3.63, 3.8) is 0 Å². The Hall–Kier alpha value is -2.32. The summed E-state index contributed by atoms with van der Waals surface area (Å²) < 4.78 is 37.0. The Bertz CT molecular complexity index is 580. The average Bonchev–Trinajstić information content (AvgIpc) is 2.24. The zero-order chi connectivity index (χ0) is 15.5. The molecule has 1 aromatic heterocycles. The fraction of sp³-hybridized carbons (Fsp3) is 0.364. The van der Waals surface area contributed by atoms with E-state index in [9.17, 15) is 27.6 Å². The number of pyridine rings is 1. The normalized spacial score (nSPS) is 11.2. The summed E-state index contributed by atoms with van der Waals surface area (Å²) >= 11 is 0. The van der Waals surface area contributed by atoms with Crippen LogP contribution in [0, 0.1) is 6.92 Å². The highest BCUT2D eigenvalue weighted by Crippen LogP contribution is 2.17. The Labute approximate surface area is 110 Å². The van der Waals surface area contributed by atoms with Crippen LogP contribution < -0.4 is 5.56 Å². The van der Waals surface area contributed by atoms with E-state index in [0.717, 1.165) is 6.07 Å².